The Morgan fingerprint density at radius 3 is 2.53 bits per heavy atom. The monoisotopic (exact) mass is 268 g/mol. The summed E-state index contributed by atoms with van der Waals surface area (Å²) in [6.45, 7) is 5.73. The Labute approximate surface area is 111 Å². The van der Waals surface area contributed by atoms with Crippen LogP contribution in [0.1, 0.15) is 31.3 Å². The quantitative estimate of drug-likeness (QED) is 0.831. The lowest BCUT2D eigenvalue weighted by Gasteiger charge is -2.24. The number of carboxylic acids is 1. The zero-order valence-electron chi connectivity index (χ0n) is 11.7. The van der Waals surface area contributed by atoms with E-state index in [0.29, 0.717) is 5.69 Å². The highest BCUT2D eigenvalue weighted by Crippen LogP contribution is 2.20. The summed E-state index contributed by atoms with van der Waals surface area (Å²) in [4.78, 5) is 23.8. The Kier molecular flexibility index (Phi) is 4.72. The third kappa shape index (κ3) is 3.57. The van der Waals surface area contributed by atoms with Crippen LogP contribution in [0.5, 0.6) is 5.75 Å². The van der Waals surface area contributed by atoms with Gasteiger partial charge in [-0.2, -0.15) is 0 Å². The Hall–Kier alpha value is -1.82. The minimum atomic E-state index is -0.951. The average Bonchev–Trinajstić information content (AvgIpc) is 2.23. The first kappa shape index (κ1) is 15.2. The van der Waals surface area contributed by atoms with E-state index < -0.39 is 11.4 Å². The number of aryl methyl sites for hydroxylation is 1. The zero-order chi connectivity index (χ0) is 14.7. The van der Waals surface area contributed by atoms with Crippen LogP contribution in [0.3, 0.4) is 0 Å². The molecule has 0 unspecified atom stereocenters. The lowest BCUT2D eigenvalue weighted by Crippen LogP contribution is -2.29. The molecule has 1 rings (SSSR count). The van der Waals surface area contributed by atoms with Gasteiger partial charge in [-0.05, 0) is 27.8 Å². The zero-order valence-corrected chi connectivity index (χ0v) is 11.7. The van der Waals surface area contributed by atoms with E-state index in [1.54, 1.807) is 14.0 Å². The summed E-state index contributed by atoms with van der Waals surface area (Å²) in [6, 6.07) is 1.45. The fraction of sp³-hybridized carbons (Fsp3) is 0.538. The van der Waals surface area contributed by atoms with E-state index in [9.17, 15) is 14.7 Å². The van der Waals surface area contributed by atoms with Crippen LogP contribution >= 0.6 is 0 Å². The molecular formula is C13H20N2O4. The van der Waals surface area contributed by atoms with E-state index in [4.69, 9.17) is 5.11 Å². The summed E-state index contributed by atoms with van der Waals surface area (Å²) >= 11 is 0. The van der Waals surface area contributed by atoms with Crippen molar-refractivity contribution in [2.45, 2.75) is 33.4 Å². The second-order valence-electron chi connectivity index (χ2n) is 4.98. The normalized spacial score (nSPS) is 11.3. The molecule has 0 saturated heterocycles. The summed E-state index contributed by atoms with van der Waals surface area (Å²) in [5.41, 5.74) is 0.758. The number of pyridine rings is 1. The van der Waals surface area contributed by atoms with Crippen molar-refractivity contribution in [2.75, 3.05) is 13.6 Å². The molecule has 0 aliphatic rings. The van der Waals surface area contributed by atoms with Crippen molar-refractivity contribution >= 4 is 5.97 Å². The van der Waals surface area contributed by atoms with E-state index >= 15 is 0 Å². The van der Waals surface area contributed by atoms with Crippen LogP contribution in [0, 0.1) is 6.92 Å². The van der Waals surface area contributed by atoms with Crippen LogP contribution < -0.4 is 5.43 Å². The molecule has 0 fully saturated rings. The standard InChI is InChI=1S/C13H20N2O4/c1-8(2)15-9(3)5-11(16)13(19)10(15)6-14(4)7-12(17)18/h5,8,19H,6-7H2,1-4H3,(H,17,18). The van der Waals surface area contributed by atoms with Crippen LogP contribution in [0.2, 0.25) is 0 Å². The van der Waals surface area contributed by atoms with Crippen molar-refractivity contribution in [1.29, 1.82) is 0 Å². The largest absolute Gasteiger partial charge is 0.503 e. The molecule has 106 valence electrons. The first-order chi connectivity index (χ1) is 8.73. The summed E-state index contributed by atoms with van der Waals surface area (Å²) in [5.74, 6) is -1.26. The van der Waals surface area contributed by atoms with Gasteiger partial charge < -0.3 is 14.8 Å². The molecule has 2 N–H and O–H groups in total. The molecule has 0 saturated carbocycles. The highest BCUT2D eigenvalue weighted by atomic mass is 16.4. The topological polar surface area (TPSA) is 82.8 Å². The number of aromatic hydroxyl groups is 1. The second kappa shape index (κ2) is 5.88. The molecule has 0 radical (unpaired) electrons. The maximum atomic E-state index is 11.6. The summed E-state index contributed by atoms with van der Waals surface area (Å²) in [6.07, 6.45) is 0. The Bertz CT molecular complexity index is 534. The summed E-state index contributed by atoms with van der Waals surface area (Å²) in [5, 5.41) is 18.7. The molecule has 0 spiro atoms. The van der Waals surface area contributed by atoms with Crippen LogP contribution in [-0.4, -0.2) is 39.2 Å². The van der Waals surface area contributed by atoms with Gasteiger partial charge in [0.25, 0.3) is 0 Å². The number of aliphatic carboxylic acids is 1. The van der Waals surface area contributed by atoms with Crippen LogP contribution in [0.4, 0.5) is 0 Å². The molecular weight excluding hydrogens is 248 g/mol. The number of hydrogen-bond acceptors (Lipinski definition) is 4. The van der Waals surface area contributed by atoms with Crippen molar-refractivity contribution in [1.82, 2.24) is 9.47 Å². The molecule has 1 heterocycles. The van der Waals surface area contributed by atoms with Gasteiger partial charge in [0, 0.05) is 24.3 Å². The molecule has 19 heavy (non-hydrogen) atoms. The Morgan fingerprint density at radius 1 is 1.47 bits per heavy atom. The SMILES string of the molecule is Cc1cc(=O)c(O)c(CN(C)CC(=O)O)n1C(C)C. The fourth-order valence-corrected chi connectivity index (χ4v) is 2.21. The van der Waals surface area contributed by atoms with Crippen LogP contribution in [0.15, 0.2) is 10.9 Å². The number of aromatic nitrogens is 1. The van der Waals surface area contributed by atoms with Gasteiger partial charge in [0.2, 0.25) is 5.43 Å². The van der Waals surface area contributed by atoms with E-state index in [1.807, 2.05) is 18.4 Å². The number of hydrogen-bond donors (Lipinski definition) is 2. The van der Waals surface area contributed by atoms with E-state index in [-0.39, 0.29) is 24.9 Å². The molecule has 0 aliphatic carbocycles. The molecule has 0 atom stereocenters. The minimum absolute atomic E-state index is 0.0692. The number of carboxylic acid groups (broad SMARTS) is 1. The van der Waals surface area contributed by atoms with Crippen LogP contribution in [0.25, 0.3) is 0 Å². The van der Waals surface area contributed by atoms with Crippen molar-refractivity contribution in [3.8, 4) is 5.75 Å². The molecule has 6 heteroatoms. The molecule has 0 aliphatic heterocycles. The maximum Gasteiger partial charge on any atom is 0.317 e. The predicted molar refractivity (Wildman–Crippen MR) is 71.5 cm³/mol. The third-order valence-electron chi connectivity index (χ3n) is 2.86. The fourth-order valence-electron chi connectivity index (χ4n) is 2.21. The molecule has 0 aromatic carbocycles. The van der Waals surface area contributed by atoms with Crippen LogP contribution in [-0.2, 0) is 11.3 Å². The van der Waals surface area contributed by atoms with E-state index in [0.717, 1.165) is 5.69 Å². The van der Waals surface area contributed by atoms with Gasteiger partial charge in [-0.15, -0.1) is 0 Å². The number of carbonyl (C=O) groups is 1. The third-order valence-corrected chi connectivity index (χ3v) is 2.86. The van der Waals surface area contributed by atoms with Gasteiger partial charge in [-0.25, -0.2) is 0 Å². The Morgan fingerprint density at radius 2 is 2.05 bits per heavy atom. The minimum Gasteiger partial charge on any atom is -0.503 e. The van der Waals surface area contributed by atoms with Gasteiger partial charge in [0.15, 0.2) is 5.75 Å². The first-order valence-electron chi connectivity index (χ1n) is 6.08. The van der Waals surface area contributed by atoms with E-state index in [1.165, 1.54) is 11.0 Å². The number of rotatable bonds is 5. The van der Waals surface area contributed by atoms with Gasteiger partial charge in [0.05, 0.1) is 12.2 Å². The molecule has 1 aromatic heterocycles. The summed E-state index contributed by atoms with van der Waals surface area (Å²) < 4.78 is 1.84. The lowest BCUT2D eigenvalue weighted by molar-refractivity contribution is -0.138. The van der Waals surface area contributed by atoms with Gasteiger partial charge >= 0.3 is 5.97 Å². The number of nitrogens with zero attached hydrogens (tertiary/aromatic N) is 2. The highest BCUT2D eigenvalue weighted by Gasteiger charge is 2.17. The van der Waals surface area contributed by atoms with Crippen molar-refractivity contribution in [3.05, 3.63) is 27.7 Å². The van der Waals surface area contributed by atoms with Gasteiger partial charge in [0.1, 0.15) is 0 Å². The summed E-state index contributed by atoms with van der Waals surface area (Å²) in [7, 11) is 1.63. The average molecular weight is 268 g/mol. The molecule has 1 aromatic rings. The molecule has 0 bridgehead atoms. The molecule has 0 amide bonds. The maximum absolute atomic E-state index is 11.6. The van der Waals surface area contributed by atoms with E-state index in [2.05, 4.69) is 0 Å². The first-order valence-corrected chi connectivity index (χ1v) is 6.08. The van der Waals surface area contributed by atoms with Gasteiger partial charge in [-0.3, -0.25) is 14.5 Å². The predicted octanol–water partition coefficient (Wildman–Crippen LogP) is 0.960. The lowest BCUT2D eigenvalue weighted by atomic mass is 10.2. The Balaban J connectivity index is 3.24. The number of likely N-dealkylation sites (N-methyl/N-ethyl adjacent to an activating group) is 1. The van der Waals surface area contributed by atoms with Crippen molar-refractivity contribution in [3.63, 3.8) is 0 Å². The van der Waals surface area contributed by atoms with Crippen molar-refractivity contribution < 1.29 is 15.0 Å². The molecule has 6 nitrogen and oxygen atoms in total. The van der Waals surface area contributed by atoms with Gasteiger partial charge in [-0.1, -0.05) is 0 Å². The highest BCUT2D eigenvalue weighted by molar-refractivity contribution is 5.69. The van der Waals surface area contributed by atoms with Crippen molar-refractivity contribution in [2.24, 2.45) is 0 Å². The second-order valence-corrected chi connectivity index (χ2v) is 4.98. The smallest absolute Gasteiger partial charge is 0.317 e.